The maximum absolute atomic E-state index is 10.9. The van der Waals surface area contributed by atoms with E-state index in [2.05, 4.69) is 0 Å². The molecular weight excluding hydrogens is 196 g/mol. The molecule has 0 rings (SSSR count). The Kier molecular flexibility index (Phi) is 4.33. The third-order valence-electron chi connectivity index (χ3n) is 1.25. The lowest BCUT2D eigenvalue weighted by Gasteiger charge is -2.31. The van der Waals surface area contributed by atoms with E-state index in [0.717, 1.165) is 0 Å². The Bertz CT molecular complexity index is 200. The summed E-state index contributed by atoms with van der Waals surface area (Å²) in [5.74, 6) is -0.266. The van der Waals surface area contributed by atoms with E-state index in [4.69, 9.17) is 8.85 Å². The second kappa shape index (κ2) is 4.44. The summed E-state index contributed by atoms with van der Waals surface area (Å²) < 4.78 is 11.0. The van der Waals surface area contributed by atoms with Crippen LogP contribution in [0.2, 0.25) is 5.04 Å². The van der Waals surface area contributed by atoms with E-state index in [-0.39, 0.29) is 16.6 Å². The summed E-state index contributed by atoms with van der Waals surface area (Å²) in [7, 11) is -1.57. The highest BCUT2D eigenvalue weighted by Gasteiger charge is 2.38. The molecule has 0 atom stereocenters. The van der Waals surface area contributed by atoms with Crippen molar-refractivity contribution < 1.29 is 13.6 Å². The van der Waals surface area contributed by atoms with Crippen LogP contribution in [0.3, 0.4) is 0 Å². The first-order valence-corrected chi connectivity index (χ1v) is 6.09. The molecule has 0 aliphatic rings. The van der Waals surface area contributed by atoms with E-state index in [1.807, 2.05) is 41.5 Å². The van der Waals surface area contributed by atoms with Crippen molar-refractivity contribution in [3.8, 4) is 0 Å². The molecule has 0 heterocycles. The van der Waals surface area contributed by atoms with Gasteiger partial charge in [0.1, 0.15) is 0 Å². The molecule has 4 heteroatoms. The quantitative estimate of drug-likeness (QED) is 0.667. The van der Waals surface area contributed by atoms with Crippen LogP contribution in [0.25, 0.3) is 0 Å². The number of carbonyl (C=O) groups is 1. The molecule has 0 saturated heterocycles. The maximum atomic E-state index is 10.9. The zero-order valence-corrected chi connectivity index (χ0v) is 11.2. The monoisotopic (exact) mass is 217 g/mol. The molecule has 0 amide bonds. The SMILES string of the molecule is CC(=O)O[Si](OC(C)(C)C)C(C)(C)C. The van der Waals surface area contributed by atoms with Crippen molar-refractivity contribution in [3.63, 3.8) is 0 Å². The van der Waals surface area contributed by atoms with Crippen molar-refractivity contribution in [2.24, 2.45) is 0 Å². The van der Waals surface area contributed by atoms with Gasteiger partial charge in [-0.15, -0.1) is 0 Å². The van der Waals surface area contributed by atoms with Crippen molar-refractivity contribution in [3.05, 3.63) is 0 Å². The van der Waals surface area contributed by atoms with Gasteiger partial charge in [-0.2, -0.15) is 0 Å². The highest BCUT2D eigenvalue weighted by molar-refractivity contribution is 6.50. The molecule has 0 N–H and O–H groups in total. The Hall–Kier alpha value is -0.353. The molecule has 83 valence electrons. The topological polar surface area (TPSA) is 35.5 Å². The molecule has 0 unspecified atom stereocenters. The first kappa shape index (κ1) is 13.6. The Morgan fingerprint density at radius 1 is 1.07 bits per heavy atom. The zero-order valence-electron chi connectivity index (χ0n) is 10.2. The minimum Gasteiger partial charge on any atom is -0.492 e. The summed E-state index contributed by atoms with van der Waals surface area (Å²) in [6, 6.07) is 0. The fraction of sp³-hybridized carbons (Fsp3) is 0.900. The van der Waals surface area contributed by atoms with Crippen molar-refractivity contribution >= 4 is 15.3 Å². The molecule has 0 fully saturated rings. The summed E-state index contributed by atoms with van der Waals surface area (Å²) in [4.78, 5) is 10.9. The first-order chi connectivity index (χ1) is 6.02. The van der Waals surface area contributed by atoms with E-state index in [1.165, 1.54) is 6.92 Å². The minimum absolute atomic E-state index is 0.108. The highest BCUT2D eigenvalue weighted by Crippen LogP contribution is 2.30. The lowest BCUT2D eigenvalue weighted by Crippen LogP contribution is -2.40. The van der Waals surface area contributed by atoms with Gasteiger partial charge < -0.3 is 8.85 Å². The molecule has 0 saturated carbocycles. The van der Waals surface area contributed by atoms with Gasteiger partial charge in [-0.1, -0.05) is 20.8 Å². The summed E-state index contributed by atoms with van der Waals surface area (Å²) in [5.41, 5.74) is -0.267. The van der Waals surface area contributed by atoms with Crippen LogP contribution in [-0.2, 0) is 13.6 Å². The number of rotatable bonds is 2. The van der Waals surface area contributed by atoms with Gasteiger partial charge in [0.05, 0.1) is 5.60 Å². The molecule has 0 aromatic rings. The molecule has 0 aromatic heterocycles. The fourth-order valence-corrected chi connectivity index (χ4v) is 2.21. The average molecular weight is 217 g/mol. The standard InChI is InChI=1S/C10H21O3Si/c1-8(11)12-14(10(5,6)7)13-9(2,3)4/h1-7H3. The summed E-state index contributed by atoms with van der Waals surface area (Å²) >= 11 is 0. The third-order valence-corrected chi connectivity index (χ3v) is 3.74. The Morgan fingerprint density at radius 3 is 1.71 bits per heavy atom. The third kappa shape index (κ3) is 6.15. The van der Waals surface area contributed by atoms with E-state index in [0.29, 0.717) is 0 Å². The Balaban J connectivity index is 4.50. The molecule has 0 aromatic carbocycles. The average Bonchev–Trinajstić information content (AvgIpc) is 1.78. The van der Waals surface area contributed by atoms with Gasteiger partial charge in [0.2, 0.25) is 0 Å². The minimum atomic E-state index is -1.57. The van der Waals surface area contributed by atoms with Gasteiger partial charge in [-0.25, -0.2) is 0 Å². The van der Waals surface area contributed by atoms with Gasteiger partial charge in [0.15, 0.2) is 0 Å². The summed E-state index contributed by atoms with van der Waals surface area (Å²) in [6.45, 7) is 13.4. The molecular formula is C10H21O3Si. The van der Waals surface area contributed by atoms with Crippen LogP contribution in [0.4, 0.5) is 0 Å². The first-order valence-electron chi connectivity index (χ1n) is 4.77. The van der Waals surface area contributed by atoms with Crippen molar-refractivity contribution in [1.82, 2.24) is 0 Å². The van der Waals surface area contributed by atoms with Crippen LogP contribution in [0.5, 0.6) is 0 Å². The number of hydrogen-bond acceptors (Lipinski definition) is 3. The van der Waals surface area contributed by atoms with E-state index in [9.17, 15) is 4.79 Å². The van der Waals surface area contributed by atoms with E-state index < -0.39 is 9.28 Å². The van der Waals surface area contributed by atoms with Crippen LogP contribution < -0.4 is 0 Å². The van der Waals surface area contributed by atoms with Crippen LogP contribution in [-0.4, -0.2) is 20.9 Å². The summed E-state index contributed by atoms with van der Waals surface area (Å²) in [6.07, 6.45) is 0. The smallest absolute Gasteiger partial charge is 0.466 e. The van der Waals surface area contributed by atoms with Crippen LogP contribution in [0.1, 0.15) is 48.5 Å². The Labute approximate surface area is 88.6 Å². The van der Waals surface area contributed by atoms with Crippen LogP contribution >= 0.6 is 0 Å². The molecule has 0 aliphatic heterocycles. The number of hydrogen-bond donors (Lipinski definition) is 0. The van der Waals surface area contributed by atoms with Crippen LogP contribution in [0, 0.1) is 0 Å². The van der Waals surface area contributed by atoms with Crippen LogP contribution in [0.15, 0.2) is 0 Å². The molecule has 0 aliphatic carbocycles. The van der Waals surface area contributed by atoms with Gasteiger partial charge in [-0.3, -0.25) is 4.79 Å². The second-order valence-electron chi connectivity index (χ2n) is 5.35. The van der Waals surface area contributed by atoms with Crippen molar-refractivity contribution in [1.29, 1.82) is 0 Å². The molecule has 3 nitrogen and oxygen atoms in total. The van der Waals surface area contributed by atoms with Crippen molar-refractivity contribution in [2.75, 3.05) is 0 Å². The Morgan fingerprint density at radius 2 is 1.50 bits per heavy atom. The molecule has 0 spiro atoms. The lowest BCUT2D eigenvalue weighted by molar-refractivity contribution is -0.134. The lowest BCUT2D eigenvalue weighted by atomic mass is 10.2. The predicted octanol–water partition coefficient (Wildman–Crippen LogP) is 2.65. The number of carbonyl (C=O) groups excluding carboxylic acids is 1. The van der Waals surface area contributed by atoms with Gasteiger partial charge >= 0.3 is 9.28 Å². The van der Waals surface area contributed by atoms with E-state index in [1.54, 1.807) is 0 Å². The molecule has 1 radical (unpaired) electrons. The summed E-state index contributed by atoms with van der Waals surface area (Å²) in [5, 5.41) is -0.108. The van der Waals surface area contributed by atoms with Gasteiger partial charge in [0, 0.05) is 12.0 Å². The zero-order chi connectivity index (χ0) is 11.6. The van der Waals surface area contributed by atoms with Gasteiger partial charge in [-0.05, 0) is 20.8 Å². The fourth-order valence-electron chi connectivity index (χ4n) is 0.736. The molecule has 14 heavy (non-hydrogen) atoms. The molecule has 0 bridgehead atoms. The van der Waals surface area contributed by atoms with E-state index >= 15 is 0 Å². The highest BCUT2D eigenvalue weighted by atomic mass is 28.3. The largest absolute Gasteiger partial charge is 0.492 e. The normalized spacial score (nSPS) is 13.1. The predicted molar refractivity (Wildman–Crippen MR) is 58.1 cm³/mol. The van der Waals surface area contributed by atoms with Gasteiger partial charge in [0.25, 0.3) is 5.97 Å². The maximum Gasteiger partial charge on any atom is 0.466 e. The van der Waals surface area contributed by atoms with Crippen molar-refractivity contribution in [2.45, 2.75) is 59.1 Å². The second-order valence-corrected chi connectivity index (χ2v) is 7.83.